The van der Waals surface area contributed by atoms with Crippen LogP contribution in [-0.2, 0) is 0 Å². The average molecular weight is 112 g/mol. The molecule has 0 aromatic carbocycles. The van der Waals surface area contributed by atoms with Crippen LogP contribution < -0.4 is 0 Å². The molecule has 0 amide bonds. The topological polar surface area (TPSA) is 3.24 Å². The van der Waals surface area contributed by atoms with Gasteiger partial charge in [-0.1, -0.05) is 0 Å². The Bertz CT molecular complexity index is 116. The van der Waals surface area contributed by atoms with Crippen LogP contribution in [0.5, 0.6) is 0 Å². The molecule has 0 N–H and O–H groups in total. The van der Waals surface area contributed by atoms with Gasteiger partial charge in [-0.15, -0.1) is 0 Å². The number of hydrogen-bond donors (Lipinski definition) is 0. The normalized spacial score (nSPS) is 24.6. The Morgan fingerprint density at radius 3 is 2.50 bits per heavy atom. The van der Waals surface area contributed by atoms with Crippen LogP contribution in [0.15, 0.2) is 12.4 Å². The standard InChI is InChI=1S/C6H12N2/c1-7-4-5-8(2,3)6-7/h4-5H,2,6H2,1,3H3/q+1. The molecule has 0 saturated carbocycles. The fourth-order valence-corrected chi connectivity index (χ4v) is 0.879. The molecular formula is C6H12N2+. The van der Waals surface area contributed by atoms with Gasteiger partial charge in [-0.05, 0) is 0 Å². The van der Waals surface area contributed by atoms with Gasteiger partial charge in [0.05, 0.1) is 13.2 Å². The lowest BCUT2D eigenvalue weighted by Gasteiger charge is -2.20. The van der Waals surface area contributed by atoms with Crippen molar-refractivity contribution in [3.63, 3.8) is 0 Å². The van der Waals surface area contributed by atoms with Gasteiger partial charge in [-0.3, -0.25) is 4.48 Å². The van der Waals surface area contributed by atoms with Crippen LogP contribution in [-0.4, -0.2) is 30.1 Å². The lowest BCUT2D eigenvalue weighted by molar-refractivity contribution is -0.815. The molecule has 0 aliphatic carbocycles. The second-order valence-corrected chi connectivity index (χ2v) is 2.68. The zero-order chi connectivity index (χ0) is 6.20. The Kier molecular flexibility index (Phi) is 1.05. The van der Waals surface area contributed by atoms with Crippen molar-refractivity contribution in [2.75, 3.05) is 20.8 Å². The molecule has 2 heteroatoms. The van der Waals surface area contributed by atoms with Crippen molar-refractivity contribution in [1.82, 2.24) is 4.90 Å². The summed E-state index contributed by atoms with van der Waals surface area (Å²) in [5.74, 6) is 0. The molecular weight excluding hydrogens is 100 g/mol. The van der Waals surface area contributed by atoms with E-state index in [1.54, 1.807) is 0 Å². The lowest BCUT2D eigenvalue weighted by Crippen LogP contribution is -2.33. The second-order valence-electron chi connectivity index (χ2n) is 2.68. The fraction of sp³-hybridized carbons (Fsp3) is 0.500. The molecule has 1 unspecified atom stereocenters. The first kappa shape index (κ1) is 5.63. The minimum absolute atomic E-state index is 0.733. The molecule has 1 aliphatic rings. The van der Waals surface area contributed by atoms with Crippen LogP contribution in [0.3, 0.4) is 0 Å². The summed E-state index contributed by atoms with van der Waals surface area (Å²) < 4.78 is 0.733. The molecule has 45 valence electrons. The molecule has 2 nitrogen and oxygen atoms in total. The van der Waals surface area contributed by atoms with Gasteiger partial charge in [-0.25, -0.2) is 0 Å². The Labute approximate surface area is 50.6 Å². The van der Waals surface area contributed by atoms with E-state index in [2.05, 4.69) is 25.2 Å². The summed E-state index contributed by atoms with van der Waals surface area (Å²) in [6, 6.07) is 0. The summed E-state index contributed by atoms with van der Waals surface area (Å²) in [5, 5.41) is 0. The van der Waals surface area contributed by atoms with Crippen molar-refractivity contribution < 1.29 is 4.48 Å². The third kappa shape index (κ3) is 1.01. The first-order valence-electron chi connectivity index (χ1n) is 2.69. The maximum absolute atomic E-state index is 3.93. The van der Waals surface area contributed by atoms with Crippen molar-refractivity contribution in [3.05, 3.63) is 19.4 Å². The van der Waals surface area contributed by atoms with Crippen molar-refractivity contribution >= 4 is 0 Å². The Morgan fingerprint density at radius 1 is 1.75 bits per heavy atom. The van der Waals surface area contributed by atoms with Gasteiger partial charge in [0, 0.05) is 7.05 Å². The number of hydrogen-bond acceptors (Lipinski definition) is 1. The number of nitrogens with zero attached hydrogens (tertiary/aromatic N) is 2. The molecule has 8 heavy (non-hydrogen) atoms. The third-order valence-electron chi connectivity index (χ3n) is 1.23. The minimum atomic E-state index is 0.733. The molecule has 1 radical (unpaired) electrons. The summed E-state index contributed by atoms with van der Waals surface area (Å²) in [4.78, 5) is 2.12. The van der Waals surface area contributed by atoms with Gasteiger partial charge in [0.1, 0.15) is 13.2 Å². The van der Waals surface area contributed by atoms with Crippen LogP contribution in [0.4, 0.5) is 0 Å². The smallest absolute Gasteiger partial charge is 0.158 e. The summed E-state index contributed by atoms with van der Waals surface area (Å²) >= 11 is 0. The summed E-state index contributed by atoms with van der Waals surface area (Å²) in [5.41, 5.74) is 0. The fourth-order valence-electron chi connectivity index (χ4n) is 0.879. The predicted molar refractivity (Wildman–Crippen MR) is 33.3 cm³/mol. The highest BCUT2D eigenvalue weighted by molar-refractivity contribution is 4.77. The summed E-state index contributed by atoms with van der Waals surface area (Å²) in [7, 11) is 8.05. The highest BCUT2D eigenvalue weighted by Crippen LogP contribution is 2.09. The molecule has 1 aliphatic heterocycles. The first-order chi connectivity index (χ1) is 3.60. The zero-order valence-electron chi connectivity index (χ0n) is 5.46. The van der Waals surface area contributed by atoms with Gasteiger partial charge < -0.3 is 4.90 Å². The molecule has 0 bridgehead atoms. The molecule has 1 heterocycles. The number of quaternary nitrogens is 1. The van der Waals surface area contributed by atoms with E-state index in [0.29, 0.717) is 0 Å². The van der Waals surface area contributed by atoms with Crippen LogP contribution in [0.25, 0.3) is 0 Å². The van der Waals surface area contributed by atoms with E-state index < -0.39 is 0 Å². The van der Waals surface area contributed by atoms with Gasteiger partial charge in [0.25, 0.3) is 0 Å². The van der Waals surface area contributed by atoms with Crippen molar-refractivity contribution in [3.8, 4) is 0 Å². The van der Waals surface area contributed by atoms with Crippen LogP contribution in [0, 0.1) is 7.05 Å². The Hall–Kier alpha value is -0.500. The second kappa shape index (κ2) is 1.49. The molecule has 0 spiro atoms. The first-order valence-corrected chi connectivity index (χ1v) is 2.69. The third-order valence-corrected chi connectivity index (χ3v) is 1.23. The molecule has 0 saturated heterocycles. The average Bonchev–Trinajstić information content (AvgIpc) is 1.82. The van der Waals surface area contributed by atoms with E-state index in [-0.39, 0.29) is 0 Å². The summed E-state index contributed by atoms with van der Waals surface area (Å²) in [6.07, 6.45) is 4.12. The van der Waals surface area contributed by atoms with Crippen molar-refractivity contribution in [2.45, 2.75) is 0 Å². The van der Waals surface area contributed by atoms with Gasteiger partial charge in [0.2, 0.25) is 0 Å². The largest absolute Gasteiger partial charge is 0.329 e. The molecule has 1 atom stereocenters. The quantitative estimate of drug-likeness (QED) is 0.415. The molecule has 0 aromatic heterocycles. The molecule has 1 rings (SSSR count). The number of rotatable bonds is 0. The van der Waals surface area contributed by atoms with Crippen LogP contribution in [0.1, 0.15) is 0 Å². The zero-order valence-corrected chi connectivity index (χ0v) is 5.46. The Morgan fingerprint density at radius 2 is 2.38 bits per heavy atom. The van der Waals surface area contributed by atoms with Gasteiger partial charge in [-0.2, -0.15) is 0 Å². The van der Waals surface area contributed by atoms with E-state index in [0.717, 1.165) is 11.2 Å². The van der Waals surface area contributed by atoms with Gasteiger partial charge >= 0.3 is 0 Å². The van der Waals surface area contributed by atoms with Crippen molar-refractivity contribution in [2.24, 2.45) is 0 Å². The van der Waals surface area contributed by atoms with E-state index in [1.807, 2.05) is 13.2 Å². The van der Waals surface area contributed by atoms with Crippen LogP contribution in [0.2, 0.25) is 0 Å². The van der Waals surface area contributed by atoms with E-state index in [9.17, 15) is 0 Å². The molecule has 0 aromatic rings. The monoisotopic (exact) mass is 112 g/mol. The van der Waals surface area contributed by atoms with Crippen molar-refractivity contribution in [1.29, 1.82) is 0 Å². The molecule has 0 fully saturated rings. The highest BCUT2D eigenvalue weighted by atomic mass is 15.4. The maximum atomic E-state index is 3.93. The maximum Gasteiger partial charge on any atom is 0.158 e. The highest BCUT2D eigenvalue weighted by Gasteiger charge is 2.18. The lowest BCUT2D eigenvalue weighted by atomic mass is 10.7. The van der Waals surface area contributed by atoms with E-state index >= 15 is 0 Å². The summed E-state index contributed by atoms with van der Waals surface area (Å²) in [6.45, 7) is 0.986. The Balaban J connectivity index is 2.58. The van der Waals surface area contributed by atoms with E-state index in [1.165, 1.54) is 0 Å². The van der Waals surface area contributed by atoms with E-state index in [4.69, 9.17) is 0 Å². The minimum Gasteiger partial charge on any atom is -0.329 e. The van der Waals surface area contributed by atoms with Gasteiger partial charge in [0.15, 0.2) is 6.67 Å². The predicted octanol–water partition coefficient (Wildman–Crippen LogP) is 0.599. The van der Waals surface area contributed by atoms with Crippen LogP contribution >= 0.6 is 0 Å². The SMILES string of the molecule is [CH2][N+]1(C)C=CN(C)C1.